The minimum absolute atomic E-state index is 0.106. The van der Waals surface area contributed by atoms with Gasteiger partial charge in [-0.1, -0.05) is 26.0 Å². The van der Waals surface area contributed by atoms with E-state index >= 15 is 0 Å². The van der Waals surface area contributed by atoms with E-state index in [-0.39, 0.29) is 36.0 Å². The Labute approximate surface area is 143 Å². The Morgan fingerprint density at radius 2 is 2.00 bits per heavy atom. The van der Waals surface area contributed by atoms with Crippen molar-refractivity contribution in [1.82, 2.24) is 4.90 Å². The van der Waals surface area contributed by atoms with E-state index in [0.717, 1.165) is 5.56 Å². The number of likely N-dealkylation sites (tertiary alicyclic amines) is 1. The Bertz CT molecular complexity index is 582. The summed E-state index contributed by atoms with van der Waals surface area (Å²) in [5.41, 5.74) is 0.182. The van der Waals surface area contributed by atoms with Crippen molar-refractivity contribution in [3.63, 3.8) is 0 Å². The van der Waals surface area contributed by atoms with E-state index in [0.29, 0.717) is 6.42 Å². The van der Waals surface area contributed by atoms with E-state index in [2.05, 4.69) is 13.8 Å². The lowest BCUT2D eigenvalue weighted by Crippen LogP contribution is -2.46. The summed E-state index contributed by atoms with van der Waals surface area (Å²) in [6, 6.07) is 6.04. The van der Waals surface area contributed by atoms with E-state index in [1.165, 1.54) is 12.1 Å². The van der Waals surface area contributed by atoms with Crippen molar-refractivity contribution in [2.45, 2.75) is 64.8 Å². The number of hydrogen-bond donors (Lipinski definition) is 0. The summed E-state index contributed by atoms with van der Waals surface area (Å²) in [6.45, 7) is 9.65. The molecule has 1 fully saturated rings. The highest BCUT2D eigenvalue weighted by Crippen LogP contribution is 2.41. The maximum Gasteiger partial charge on any atom is 0.411 e. The van der Waals surface area contributed by atoms with Crippen LogP contribution in [0.4, 0.5) is 9.18 Å². The first-order chi connectivity index (χ1) is 11.1. The molecule has 2 rings (SSSR count). The molecule has 134 valence electrons. The molecule has 1 aliphatic heterocycles. The number of methoxy groups -OCH3 is 1. The molecule has 1 heterocycles. The summed E-state index contributed by atoms with van der Waals surface area (Å²) < 4.78 is 24.9. The quantitative estimate of drug-likeness (QED) is 0.812. The van der Waals surface area contributed by atoms with Gasteiger partial charge in [0, 0.05) is 13.5 Å². The molecule has 5 heteroatoms. The number of hydrogen-bond acceptors (Lipinski definition) is 3. The maximum atomic E-state index is 13.7. The summed E-state index contributed by atoms with van der Waals surface area (Å²) in [5, 5.41) is 0. The first-order valence-electron chi connectivity index (χ1n) is 8.43. The molecule has 0 spiro atoms. The van der Waals surface area contributed by atoms with Crippen molar-refractivity contribution in [3.05, 3.63) is 35.6 Å². The van der Waals surface area contributed by atoms with Crippen molar-refractivity contribution in [1.29, 1.82) is 0 Å². The molecule has 1 aliphatic rings. The van der Waals surface area contributed by atoms with E-state index in [4.69, 9.17) is 9.47 Å². The van der Waals surface area contributed by atoms with Gasteiger partial charge in [-0.25, -0.2) is 9.18 Å². The number of rotatable bonds is 3. The third kappa shape index (κ3) is 4.07. The average Bonchev–Trinajstić information content (AvgIpc) is 2.85. The molecule has 1 aromatic rings. The molecule has 0 radical (unpaired) electrons. The molecule has 0 bridgehead atoms. The van der Waals surface area contributed by atoms with Crippen LogP contribution < -0.4 is 0 Å². The van der Waals surface area contributed by atoms with Crippen molar-refractivity contribution in [2.75, 3.05) is 7.11 Å². The smallest absolute Gasteiger partial charge is 0.411 e. The van der Waals surface area contributed by atoms with Crippen molar-refractivity contribution in [3.8, 4) is 0 Å². The SMILES string of the molecule is CO[C@@H]1C[C@@H](c2cccc(F)c2)N(C(=O)OC(C)(C)C)[C@H]1C(C)C. The van der Waals surface area contributed by atoms with Gasteiger partial charge in [0.1, 0.15) is 11.4 Å². The maximum absolute atomic E-state index is 13.7. The molecule has 0 aromatic heterocycles. The molecule has 1 aromatic carbocycles. The second-order valence-corrected chi connectivity index (χ2v) is 7.70. The third-order valence-electron chi connectivity index (χ3n) is 4.32. The molecule has 24 heavy (non-hydrogen) atoms. The van der Waals surface area contributed by atoms with Gasteiger partial charge >= 0.3 is 6.09 Å². The Kier molecular flexibility index (Phi) is 5.53. The van der Waals surface area contributed by atoms with Gasteiger partial charge in [-0.05, 0) is 44.4 Å². The van der Waals surface area contributed by atoms with Gasteiger partial charge in [0.15, 0.2) is 0 Å². The largest absolute Gasteiger partial charge is 0.444 e. The number of benzene rings is 1. The molecule has 0 aliphatic carbocycles. The van der Waals surface area contributed by atoms with Crippen molar-refractivity contribution in [2.24, 2.45) is 5.92 Å². The van der Waals surface area contributed by atoms with Crippen LogP contribution in [-0.2, 0) is 9.47 Å². The number of ether oxygens (including phenoxy) is 2. The average molecular weight is 337 g/mol. The lowest BCUT2D eigenvalue weighted by molar-refractivity contribution is -0.00395. The fraction of sp³-hybridized carbons (Fsp3) is 0.632. The van der Waals surface area contributed by atoms with Gasteiger partial charge in [0.25, 0.3) is 0 Å². The zero-order chi connectivity index (χ0) is 18.1. The molecule has 0 unspecified atom stereocenters. The highest BCUT2D eigenvalue weighted by atomic mass is 19.1. The van der Waals surface area contributed by atoms with E-state index < -0.39 is 5.60 Å². The Morgan fingerprint density at radius 3 is 2.50 bits per heavy atom. The number of carbonyl (C=O) groups is 1. The summed E-state index contributed by atoms with van der Waals surface area (Å²) in [6.07, 6.45) is 0.142. The number of nitrogens with zero attached hydrogens (tertiary/aromatic N) is 1. The number of amides is 1. The van der Waals surface area contributed by atoms with Gasteiger partial charge in [-0.2, -0.15) is 0 Å². The lowest BCUT2D eigenvalue weighted by Gasteiger charge is -2.35. The summed E-state index contributed by atoms with van der Waals surface area (Å²) in [7, 11) is 1.65. The van der Waals surface area contributed by atoms with Gasteiger partial charge in [-0.15, -0.1) is 0 Å². The van der Waals surface area contributed by atoms with Crippen LogP contribution in [0.2, 0.25) is 0 Å². The Balaban J connectivity index is 2.41. The van der Waals surface area contributed by atoms with Gasteiger partial charge in [0.2, 0.25) is 0 Å². The predicted octanol–water partition coefficient (Wildman–Crippen LogP) is 4.55. The molecule has 1 saturated heterocycles. The molecule has 3 atom stereocenters. The van der Waals surface area contributed by atoms with Crippen LogP contribution in [0.25, 0.3) is 0 Å². The second kappa shape index (κ2) is 7.09. The normalized spacial score (nSPS) is 24.5. The van der Waals surface area contributed by atoms with Crippen molar-refractivity contribution < 1.29 is 18.7 Å². The number of carbonyl (C=O) groups excluding carboxylic acids is 1. The first-order valence-corrected chi connectivity index (χ1v) is 8.43. The summed E-state index contributed by atoms with van der Waals surface area (Å²) in [4.78, 5) is 14.6. The van der Waals surface area contributed by atoms with Crippen LogP contribution >= 0.6 is 0 Å². The highest BCUT2D eigenvalue weighted by Gasteiger charge is 2.47. The zero-order valence-electron chi connectivity index (χ0n) is 15.4. The highest BCUT2D eigenvalue weighted by molar-refractivity contribution is 5.70. The first kappa shape index (κ1) is 18.7. The van der Waals surface area contributed by atoms with Crippen LogP contribution in [0.1, 0.15) is 52.6 Å². The van der Waals surface area contributed by atoms with Gasteiger partial charge in [-0.3, -0.25) is 4.90 Å². The molecular formula is C19H28FNO3. The van der Waals surface area contributed by atoms with E-state index in [1.54, 1.807) is 18.1 Å². The van der Waals surface area contributed by atoms with Crippen molar-refractivity contribution >= 4 is 6.09 Å². The standard InChI is InChI=1S/C19H28FNO3/c1-12(2)17-16(23-6)11-15(13-8-7-9-14(20)10-13)21(17)18(22)24-19(3,4)5/h7-10,12,15-17H,11H2,1-6H3/t15-,16+,17-/m0/s1. The minimum atomic E-state index is -0.587. The van der Waals surface area contributed by atoms with Gasteiger partial charge < -0.3 is 9.47 Å². The van der Waals surface area contributed by atoms with Crippen LogP contribution in [-0.4, -0.2) is 35.8 Å². The topological polar surface area (TPSA) is 38.8 Å². The van der Waals surface area contributed by atoms with E-state index in [1.807, 2.05) is 26.8 Å². The van der Waals surface area contributed by atoms with Crippen LogP contribution in [0.15, 0.2) is 24.3 Å². The predicted molar refractivity (Wildman–Crippen MR) is 91.3 cm³/mol. The van der Waals surface area contributed by atoms with Crippen LogP contribution in [0.5, 0.6) is 0 Å². The molecule has 4 nitrogen and oxygen atoms in total. The van der Waals surface area contributed by atoms with E-state index in [9.17, 15) is 9.18 Å². The lowest BCUT2D eigenvalue weighted by atomic mass is 9.99. The third-order valence-corrected chi connectivity index (χ3v) is 4.32. The number of halogens is 1. The Hall–Kier alpha value is -1.62. The fourth-order valence-corrected chi connectivity index (χ4v) is 3.42. The van der Waals surface area contributed by atoms with Gasteiger partial charge in [0.05, 0.1) is 18.2 Å². The molecular weight excluding hydrogens is 309 g/mol. The van der Waals surface area contributed by atoms with Crippen LogP contribution in [0, 0.1) is 11.7 Å². The minimum Gasteiger partial charge on any atom is -0.444 e. The Morgan fingerprint density at radius 1 is 1.33 bits per heavy atom. The molecule has 0 saturated carbocycles. The zero-order valence-corrected chi connectivity index (χ0v) is 15.4. The fourth-order valence-electron chi connectivity index (χ4n) is 3.42. The summed E-state index contributed by atoms with van der Waals surface area (Å²) >= 11 is 0. The summed E-state index contributed by atoms with van der Waals surface area (Å²) in [5.74, 6) is -0.111. The van der Waals surface area contributed by atoms with Crippen LogP contribution in [0.3, 0.4) is 0 Å². The molecule has 0 N–H and O–H groups in total. The second-order valence-electron chi connectivity index (χ2n) is 7.70. The molecule has 1 amide bonds. The monoisotopic (exact) mass is 337 g/mol.